The molecule has 0 saturated carbocycles. The normalized spacial score (nSPS) is 11.2. The molecule has 0 atom stereocenters. The molecule has 2 N–H and O–H groups in total. The number of carbonyl (C=O) groups excluding carboxylic acids is 1. The second-order valence-corrected chi connectivity index (χ2v) is 4.20. The Morgan fingerprint density at radius 3 is 2.57 bits per heavy atom. The zero-order valence-electron chi connectivity index (χ0n) is 10.9. The Balaban J connectivity index is 2.50. The Morgan fingerprint density at radius 2 is 1.95 bits per heavy atom. The zero-order chi connectivity index (χ0) is 15.6. The van der Waals surface area contributed by atoms with Gasteiger partial charge >= 0.3 is 12.1 Å². The molecule has 110 valence electrons. The summed E-state index contributed by atoms with van der Waals surface area (Å²) < 4.78 is 42.6. The molecule has 0 aliphatic carbocycles. The molecule has 21 heavy (non-hydrogen) atoms. The number of anilines is 1. The van der Waals surface area contributed by atoms with Gasteiger partial charge in [-0.05, 0) is 24.3 Å². The molecule has 7 heteroatoms. The van der Waals surface area contributed by atoms with E-state index in [0.29, 0.717) is 0 Å². The fraction of sp³-hybridized carbons (Fsp3) is 0.143. The number of rotatable bonds is 2. The minimum Gasteiger partial charge on any atom is -0.464 e. The monoisotopic (exact) mass is 296 g/mol. The molecule has 0 bridgehead atoms. The molecule has 4 nitrogen and oxygen atoms in total. The van der Waals surface area contributed by atoms with Crippen LogP contribution >= 0.6 is 0 Å². The number of nitrogens with two attached hydrogens (primary N) is 1. The van der Waals surface area contributed by atoms with Crippen LogP contribution in [0, 0.1) is 0 Å². The van der Waals surface area contributed by atoms with Gasteiger partial charge in [0.1, 0.15) is 0 Å². The van der Waals surface area contributed by atoms with Crippen molar-refractivity contribution in [3.63, 3.8) is 0 Å². The van der Waals surface area contributed by atoms with Gasteiger partial charge in [-0.1, -0.05) is 12.1 Å². The van der Waals surface area contributed by atoms with E-state index >= 15 is 0 Å². The first-order chi connectivity index (χ1) is 9.82. The van der Waals surface area contributed by atoms with E-state index in [1.54, 1.807) is 0 Å². The third-order valence-electron chi connectivity index (χ3n) is 2.79. The van der Waals surface area contributed by atoms with E-state index < -0.39 is 17.7 Å². The van der Waals surface area contributed by atoms with E-state index in [4.69, 9.17) is 5.73 Å². The van der Waals surface area contributed by atoms with Crippen molar-refractivity contribution in [1.82, 2.24) is 4.98 Å². The van der Waals surface area contributed by atoms with E-state index in [0.717, 1.165) is 12.1 Å². The van der Waals surface area contributed by atoms with Crippen LogP contribution in [0.4, 0.5) is 18.9 Å². The highest BCUT2D eigenvalue weighted by Gasteiger charge is 2.30. The van der Waals surface area contributed by atoms with Crippen molar-refractivity contribution in [2.45, 2.75) is 6.18 Å². The van der Waals surface area contributed by atoms with Crippen molar-refractivity contribution in [3.05, 3.63) is 47.7 Å². The summed E-state index contributed by atoms with van der Waals surface area (Å²) >= 11 is 0. The van der Waals surface area contributed by atoms with Crippen LogP contribution in [0.1, 0.15) is 16.1 Å². The molecule has 2 aromatic rings. The Bertz CT molecular complexity index is 684. The number of aromatic nitrogens is 1. The van der Waals surface area contributed by atoms with Gasteiger partial charge in [-0.15, -0.1) is 0 Å². The van der Waals surface area contributed by atoms with Crippen LogP contribution in [-0.2, 0) is 10.9 Å². The minimum atomic E-state index is -4.45. The number of benzene rings is 1. The number of alkyl halides is 3. The molecule has 0 amide bonds. The molecule has 0 unspecified atom stereocenters. The number of esters is 1. The van der Waals surface area contributed by atoms with Crippen molar-refractivity contribution in [1.29, 1.82) is 0 Å². The van der Waals surface area contributed by atoms with Crippen LogP contribution in [0.25, 0.3) is 11.3 Å². The van der Waals surface area contributed by atoms with Gasteiger partial charge in [-0.3, -0.25) is 0 Å². The molecule has 0 aliphatic rings. The molecule has 2 rings (SSSR count). The third-order valence-corrected chi connectivity index (χ3v) is 2.79. The lowest BCUT2D eigenvalue weighted by Gasteiger charge is -2.10. The van der Waals surface area contributed by atoms with E-state index in [9.17, 15) is 18.0 Å². The second kappa shape index (κ2) is 5.43. The minimum absolute atomic E-state index is 0.0950. The lowest BCUT2D eigenvalue weighted by atomic mass is 10.1. The molecule has 1 aromatic carbocycles. The first-order valence-electron chi connectivity index (χ1n) is 5.85. The van der Waals surface area contributed by atoms with E-state index in [2.05, 4.69) is 9.72 Å². The fourth-order valence-corrected chi connectivity index (χ4v) is 1.75. The number of nitrogens with zero attached hydrogens (tertiary/aromatic N) is 1. The Morgan fingerprint density at radius 1 is 1.24 bits per heavy atom. The molecular weight excluding hydrogens is 285 g/mol. The summed E-state index contributed by atoms with van der Waals surface area (Å²) in [5.74, 6) is -0.749. The van der Waals surface area contributed by atoms with E-state index in [1.165, 1.54) is 31.4 Å². The number of hydrogen-bond acceptors (Lipinski definition) is 4. The molecule has 0 radical (unpaired) electrons. The smallest absolute Gasteiger partial charge is 0.416 e. The van der Waals surface area contributed by atoms with Gasteiger partial charge in [-0.25, -0.2) is 9.78 Å². The highest BCUT2D eigenvalue weighted by Crippen LogP contribution is 2.32. The summed E-state index contributed by atoms with van der Waals surface area (Å²) in [7, 11) is 1.17. The van der Waals surface area contributed by atoms with Crippen molar-refractivity contribution >= 4 is 11.7 Å². The standard InChI is InChI=1S/C14H11F3N2O2/c1-21-13(20)12-10(18)5-6-11(19-12)8-3-2-4-9(7-8)14(15,16)17/h2-7H,18H2,1H3. The first-order valence-corrected chi connectivity index (χ1v) is 5.85. The summed E-state index contributed by atoms with van der Waals surface area (Å²) in [6.07, 6.45) is -4.45. The zero-order valence-corrected chi connectivity index (χ0v) is 10.9. The van der Waals surface area contributed by atoms with E-state index in [-0.39, 0.29) is 22.6 Å². The molecule has 0 spiro atoms. The molecular formula is C14H11F3N2O2. The number of hydrogen-bond donors (Lipinski definition) is 1. The fourth-order valence-electron chi connectivity index (χ4n) is 1.75. The van der Waals surface area contributed by atoms with Gasteiger partial charge in [0.15, 0.2) is 5.69 Å². The Labute approximate surface area is 118 Å². The van der Waals surface area contributed by atoms with Crippen molar-refractivity contribution < 1.29 is 22.7 Å². The highest BCUT2D eigenvalue weighted by atomic mass is 19.4. The Kier molecular flexibility index (Phi) is 3.84. The maximum Gasteiger partial charge on any atom is 0.416 e. The van der Waals surface area contributed by atoms with Crippen LogP contribution in [0.3, 0.4) is 0 Å². The van der Waals surface area contributed by atoms with Gasteiger partial charge in [0, 0.05) is 5.56 Å². The van der Waals surface area contributed by atoms with E-state index in [1.807, 2.05) is 0 Å². The topological polar surface area (TPSA) is 65.2 Å². The lowest BCUT2D eigenvalue weighted by Crippen LogP contribution is -2.09. The summed E-state index contributed by atoms with van der Waals surface area (Å²) in [5.41, 5.74) is 5.21. The molecule has 0 aliphatic heterocycles. The van der Waals surface area contributed by atoms with Gasteiger partial charge in [0.25, 0.3) is 0 Å². The van der Waals surface area contributed by atoms with Crippen LogP contribution in [0.5, 0.6) is 0 Å². The molecule has 0 saturated heterocycles. The predicted molar refractivity (Wildman–Crippen MR) is 70.4 cm³/mol. The maximum absolute atomic E-state index is 12.7. The van der Waals surface area contributed by atoms with Crippen molar-refractivity contribution in [2.24, 2.45) is 0 Å². The van der Waals surface area contributed by atoms with Crippen LogP contribution in [0.15, 0.2) is 36.4 Å². The highest BCUT2D eigenvalue weighted by molar-refractivity contribution is 5.93. The number of ether oxygens (including phenoxy) is 1. The number of nitrogen functional groups attached to an aromatic ring is 1. The predicted octanol–water partition coefficient (Wildman–Crippen LogP) is 3.14. The van der Waals surface area contributed by atoms with Crippen LogP contribution in [-0.4, -0.2) is 18.1 Å². The second-order valence-electron chi connectivity index (χ2n) is 4.20. The van der Waals surface area contributed by atoms with Crippen molar-refractivity contribution in [2.75, 3.05) is 12.8 Å². The largest absolute Gasteiger partial charge is 0.464 e. The van der Waals surface area contributed by atoms with Crippen LogP contribution < -0.4 is 5.73 Å². The average Bonchev–Trinajstić information content (AvgIpc) is 2.46. The van der Waals surface area contributed by atoms with Gasteiger partial charge < -0.3 is 10.5 Å². The number of halogens is 3. The summed E-state index contributed by atoms with van der Waals surface area (Å²) in [6.45, 7) is 0. The first kappa shape index (κ1) is 14.8. The van der Waals surface area contributed by atoms with Gasteiger partial charge in [-0.2, -0.15) is 13.2 Å². The SMILES string of the molecule is COC(=O)c1nc(-c2cccc(C(F)(F)F)c2)ccc1N. The van der Waals surface area contributed by atoms with Crippen LogP contribution in [0.2, 0.25) is 0 Å². The average molecular weight is 296 g/mol. The summed E-state index contributed by atoms with van der Waals surface area (Å²) in [6, 6.07) is 7.50. The summed E-state index contributed by atoms with van der Waals surface area (Å²) in [5, 5.41) is 0. The number of pyridine rings is 1. The summed E-state index contributed by atoms with van der Waals surface area (Å²) in [4.78, 5) is 15.5. The molecule has 1 aromatic heterocycles. The quantitative estimate of drug-likeness (QED) is 0.865. The number of methoxy groups -OCH3 is 1. The maximum atomic E-state index is 12.7. The van der Waals surface area contributed by atoms with Crippen molar-refractivity contribution in [3.8, 4) is 11.3 Å². The lowest BCUT2D eigenvalue weighted by molar-refractivity contribution is -0.137. The van der Waals surface area contributed by atoms with Gasteiger partial charge in [0.2, 0.25) is 0 Å². The molecule has 0 fully saturated rings. The Hall–Kier alpha value is -2.57. The molecule has 1 heterocycles. The number of carbonyl (C=O) groups is 1. The van der Waals surface area contributed by atoms with Gasteiger partial charge in [0.05, 0.1) is 24.1 Å². The third kappa shape index (κ3) is 3.13.